The minimum atomic E-state index is -4.16. The number of hydrogen-bond donors (Lipinski definition) is 0. The zero-order valence-electron chi connectivity index (χ0n) is 20.1. The van der Waals surface area contributed by atoms with Gasteiger partial charge in [-0.1, -0.05) is 24.3 Å². The lowest BCUT2D eigenvalue weighted by Gasteiger charge is -2.27. The first-order valence-corrected chi connectivity index (χ1v) is 12.8. The summed E-state index contributed by atoms with van der Waals surface area (Å²) in [6.45, 7) is -0.322. The molecule has 9 nitrogen and oxygen atoms in total. The number of rotatable bonds is 8. The van der Waals surface area contributed by atoms with Crippen molar-refractivity contribution < 1.29 is 27.5 Å². The van der Waals surface area contributed by atoms with Crippen LogP contribution in [0, 0.1) is 0 Å². The molecule has 1 aliphatic rings. The van der Waals surface area contributed by atoms with Crippen LogP contribution in [0.1, 0.15) is 20.7 Å². The van der Waals surface area contributed by atoms with E-state index in [1.807, 2.05) is 0 Å². The normalized spacial score (nSPS) is 13.1. The van der Waals surface area contributed by atoms with Gasteiger partial charge in [0.15, 0.2) is 11.5 Å². The molecule has 0 spiro atoms. The second kappa shape index (κ2) is 9.55. The number of anilines is 1. The Hall–Kier alpha value is -4.44. The highest BCUT2D eigenvalue weighted by molar-refractivity contribution is 7.93. The summed E-state index contributed by atoms with van der Waals surface area (Å²) >= 11 is 0. The van der Waals surface area contributed by atoms with E-state index < -0.39 is 21.8 Å². The maximum atomic E-state index is 14.1. The lowest BCUT2D eigenvalue weighted by Crippen LogP contribution is -2.41. The van der Waals surface area contributed by atoms with E-state index in [-0.39, 0.29) is 18.0 Å². The summed E-state index contributed by atoms with van der Waals surface area (Å²) in [5, 5.41) is 1.17. The van der Waals surface area contributed by atoms with E-state index in [1.165, 1.54) is 30.8 Å². The number of ether oxygens (including phenoxy) is 2. The third-order valence-corrected chi connectivity index (χ3v) is 8.15. The third kappa shape index (κ3) is 4.15. The van der Waals surface area contributed by atoms with Crippen molar-refractivity contribution in [1.82, 2.24) is 9.88 Å². The Kier molecular flexibility index (Phi) is 6.26. The third-order valence-electron chi connectivity index (χ3n) is 6.27. The fourth-order valence-electron chi connectivity index (χ4n) is 4.44. The summed E-state index contributed by atoms with van der Waals surface area (Å²) in [7, 11) is -1.22. The van der Waals surface area contributed by atoms with E-state index in [1.54, 1.807) is 66.9 Å². The van der Waals surface area contributed by atoms with Gasteiger partial charge in [0.1, 0.15) is 0 Å². The van der Waals surface area contributed by atoms with Crippen molar-refractivity contribution in [2.24, 2.45) is 0 Å². The molecular weight excluding hydrogens is 494 g/mol. The molecule has 10 heteroatoms. The lowest BCUT2D eigenvalue weighted by molar-refractivity contribution is 0.0659. The zero-order valence-corrected chi connectivity index (χ0v) is 20.9. The average Bonchev–Trinajstić information content (AvgIpc) is 3.17. The monoisotopic (exact) mass is 517 g/mol. The van der Waals surface area contributed by atoms with Gasteiger partial charge in [-0.05, 0) is 36.4 Å². The lowest BCUT2D eigenvalue weighted by atomic mass is 10.1. The van der Waals surface area contributed by atoms with Gasteiger partial charge in [0.05, 0.1) is 42.5 Å². The second-order valence-corrected chi connectivity index (χ2v) is 10.1. The number of imide groups is 1. The Morgan fingerprint density at radius 1 is 0.865 bits per heavy atom. The number of methoxy groups -OCH3 is 2. The molecule has 188 valence electrons. The van der Waals surface area contributed by atoms with E-state index in [0.29, 0.717) is 39.1 Å². The summed E-state index contributed by atoms with van der Waals surface area (Å²) in [5.41, 5.74) is 0.893. The molecule has 37 heavy (non-hydrogen) atoms. The molecule has 0 atom stereocenters. The van der Waals surface area contributed by atoms with Gasteiger partial charge < -0.3 is 9.47 Å². The zero-order chi connectivity index (χ0) is 26.2. The molecule has 1 aromatic heterocycles. The molecule has 5 rings (SSSR count). The highest BCUT2D eigenvalue weighted by atomic mass is 32.2. The van der Waals surface area contributed by atoms with Gasteiger partial charge in [-0.3, -0.25) is 23.8 Å². The number of pyridine rings is 1. The van der Waals surface area contributed by atoms with Crippen molar-refractivity contribution in [3.8, 4) is 11.5 Å². The number of hydrogen-bond acceptors (Lipinski definition) is 7. The van der Waals surface area contributed by atoms with Crippen molar-refractivity contribution in [1.29, 1.82) is 0 Å². The number of fused-ring (bicyclic) bond motifs is 2. The van der Waals surface area contributed by atoms with E-state index in [4.69, 9.17) is 9.47 Å². The van der Waals surface area contributed by atoms with Gasteiger partial charge in [-0.25, -0.2) is 8.42 Å². The predicted molar refractivity (Wildman–Crippen MR) is 138 cm³/mol. The number of sulfonamides is 1. The fourth-order valence-corrected chi connectivity index (χ4v) is 6.10. The van der Waals surface area contributed by atoms with Crippen LogP contribution in [0.3, 0.4) is 0 Å². The van der Waals surface area contributed by atoms with Crippen LogP contribution in [0.2, 0.25) is 0 Å². The number of nitrogens with zero attached hydrogens (tertiary/aromatic N) is 3. The van der Waals surface area contributed by atoms with Gasteiger partial charge in [-0.2, -0.15) is 0 Å². The number of carbonyl (C=O) groups is 2. The molecule has 1 aliphatic heterocycles. The van der Waals surface area contributed by atoms with Crippen LogP contribution in [0.15, 0.2) is 84.0 Å². The van der Waals surface area contributed by atoms with Crippen LogP contribution < -0.4 is 13.8 Å². The molecule has 2 amide bonds. The summed E-state index contributed by atoms with van der Waals surface area (Å²) in [6.07, 6.45) is 3.12. The predicted octanol–water partition coefficient (Wildman–Crippen LogP) is 3.74. The molecule has 0 aliphatic carbocycles. The number of benzene rings is 3. The number of aromatic nitrogens is 1. The molecule has 2 heterocycles. The summed E-state index contributed by atoms with van der Waals surface area (Å²) in [4.78, 5) is 31.1. The minimum absolute atomic E-state index is 0.0737. The molecule has 4 aromatic rings. The Morgan fingerprint density at radius 3 is 2.24 bits per heavy atom. The maximum Gasteiger partial charge on any atom is 0.265 e. The fraction of sp³-hybridized carbons (Fsp3) is 0.148. The Labute approximate surface area is 213 Å². The van der Waals surface area contributed by atoms with Crippen molar-refractivity contribution in [2.75, 3.05) is 31.6 Å². The van der Waals surface area contributed by atoms with E-state index in [0.717, 1.165) is 4.90 Å². The van der Waals surface area contributed by atoms with Gasteiger partial charge in [-0.15, -0.1) is 0 Å². The highest BCUT2D eigenvalue weighted by Crippen LogP contribution is 2.35. The van der Waals surface area contributed by atoms with Crippen LogP contribution in [-0.4, -0.2) is 57.4 Å². The summed E-state index contributed by atoms with van der Waals surface area (Å²) < 4.78 is 40.1. The molecular formula is C27H23N3O6S. The molecule has 0 bridgehead atoms. The summed E-state index contributed by atoms with van der Waals surface area (Å²) in [6, 6.07) is 17.9. The molecule has 0 N–H and O–H groups in total. The van der Waals surface area contributed by atoms with Crippen LogP contribution >= 0.6 is 0 Å². The van der Waals surface area contributed by atoms with Gasteiger partial charge in [0.2, 0.25) is 0 Å². The van der Waals surface area contributed by atoms with Crippen molar-refractivity contribution in [3.05, 3.63) is 90.3 Å². The minimum Gasteiger partial charge on any atom is -0.493 e. The van der Waals surface area contributed by atoms with Gasteiger partial charge >= 0.3 is 0 Å². The first-order valence-electron chi connectivity index (χ1n) is 11.4. The Morgan fingerprint density at radius 2 is 1.57 bits per heavy atom. The standard InChI is InChI=1S/C27H23N3O6S/c1-35-23-11-10-19(16-24(23)36-2)30(15-14-29-26(31)21-7-3-4-8-22(21)27(29)32)37(33,34)25-9-5-6-18-17-28-13-12-20(18)25/h3-13,16-17H,14-15H2,1-2H3. The van der Waals surface area contributed by atoms with Gasteiger partial charge in [0, 0.05) is 35.8 Å². The smallest absolute Gasteiger partial charge is 0.265 e. The highest BCUT2D eigenvalue weighted by Gasteiger charge is 2.36. The van der Waals surface area contributed by atoms with E-state index >= 15 is 0 Å². The Bertz CT molecular complexity index is 1600. The van der Waals surface area contributed by atoms with E-state index in [9.17, 15) is 18.0 Å². The number of carbonyl (C=O) groups excluding carboxylic acids is 2. The van der Waals surface area contributed by atoms with Gasteiger partial charge in [0.25, 0.3) is 21.8 Å². The molecule has 0 unspecified atom stereocenters. The SMILES string of the molecule is COc1ccc(N(CCN2C(=O)c3ccccc3C2=O)S(=O)(=O)c2cccc3cnccc23)cc1OC. The van der Waals surface area contributed by atoms with Crippen LogP contribution in [-0.2, 0) is 10.0 Å². The van der Waals surface area contributed by atoms with Crippen molar-refractivity contribution >= 4 is 38.3 Å². The van der Waals surface area contributed by atoms with E-state index in [2.05, 4.69) is 4.98 Å². The molecule has 3 aromatic carbocycles. The maximum absolute atomic E-state index is 14.1. The van der Waals surface area contributed by atoms with Crippen molar-refractivity contribution in [2.45, 2.75) is 4.90 Å². The molecule has 0 saturated carbocycles. The number of amides is 2. The first-order chi connectivity index (χ1) is 17.9. The summed E-state index contributed by atoms with van der Waals surface area (Å²) in [5.74, 6) is -0.147. The molecule has 0 saturated heterocycles. The second-order valence-electron chi connectivity index (χ2n) is 8.28. The quantitative estimate of drug-likeness (QED) is 0.328. The van der Waals surface area contributed by atoms with Crippen LogP contribution in [0.4, 0.5) is 5.69 Å². The largest absolute Gasteiger partial charge is 0.493 e. The van der Waals surface area contributed by atoms with Crippen molar-refractivity contribution in [3.63, 3.8) is 0 Å². The first kappa shape index (κ1) is 24.3. The molecule has 0 fully saturated rings. The van der Waals surface area contributed by atoms with Crippen LogP contribution in [0.5, 0.6) is 11.5 Å². The topological polar surface area (TPSA) is 106 Å². The Balaban J connectivity index is 1.57. The average molecular weight is 518 g/mol. The molecule has 0 radical (unpaired) electrons. The van der Waals surface area contributed by atoms with Crippen LogP contribution in [0.25, 0.3) is 10.8 Å².